The van der Waals surface area contributed by atoms with Crippen LogP contribution in [0.2, 0.25) is 5.02 Å². The van der Waals surface area contributed by atoms with Gasteiger partial charge in [-0.2, -0.15) is 0 Å². The third-order valence-corrected chi connectivity index (χ3v) is 5.51. The number of carbonyl (C=O) groups is 3. The van der Waals surface area contributed by atoms with E-state index in [0.29, 0.717) is 27.8 Å². The van der Waals surface area contributed by atoms with Gasteiger partial charge in [0.15, 0.2) is 0 Å². The van der Waals surface area contributed by atoms with Gasteiger partial charge in [0.25, 0.3) is 0 Å². The molecule has 0 radical (unpaired) electrons. The molecule has 2 aromatic carbocycles. The van der Waals surface area contributed by atoms with Crippen molar-refractivity contribution in [2.24, 2.45) is 11.8 Å². The summed E-state index contributed by atoms with van der Waals surface area (Å²) in [6, 6.07) is 12.0. The molecule has 4 rings (SSSR count). The largest absolute Gasteiger partial charge is 0.495 e. The lowest BCUT2D eigenvalue weighted by molar-refractivity contribution is -0.122. The second-order valence-corrected chi connectivity index (χ2v) is 7.99. The summed E-state index contributed by atoms with van der Waals surface area (Å²) in [7, 11) is 1.52. The van der Waals surface area contributed by atoms with Crippen LogP contribution in [0.4, 0.5) is 17.1 Å². The van der Waals surface area contributed by atoms with Crippen molar-refractivity contribution < 1.29 is 19.1 Å². The molecule has 1 aliphatic carbocycles. The molecular formula is C22H22ClN3O4. The summed E-state index contributed by atoms with van der Waals surface area (Å²) in [4.78, 5) is 38.8. The molecule has 1 unspecified atom stereocenters. The lowest BCUT2D eigenvalue weighted by Gasteiger charge is -2.20. The topological polar surface area (TPSA) is 87.7 Å². The van der Waals surface area contributed by atoms with Crippen molar-refractivity contribution in [3.8, 4) is 5.75 Å². The van der Waals surface area contributed by atoms with E-state index >= 15 is 0 Å². The minimum absolute atomic E-state index is 0.00553. The summed E-state index contributed by atoms with van der Waals surface area (Å²) < 4.78 is 5.33. The molecular weight excluding hydrogens is 406 g/mol. The Balaban J connectivity index is 1.43. The summed E-state index contributed by atoms with van der Waals surface area (Å²) in [5, 5.41) is 6.19. The number of hydrogen-bond acceptors (Lipinski definition) is 4. The van der Waals surface area contributed by atoms with Gasteiger partial charge in [-0.3, -0.25) is 14.4 Å². The monoisotopic (exact) mass is 427 g/mol. The van der Waals surface area contributed by atoms with Crippen molar-refractivity contribution >= 4 is 46.4 Å². The summed E-state index contributed by atoms with van der Waals surface area (Å²) in [5.41, 5.74) is 1.76. The Morgan fingerprint density at radius 3 is 2.33 bits per heavy atom. The Labute approximate surface area is 179 Å². The maximum Gasteiger partial charge on any atom is 0.229 e. The standard InChI is InChI=1S/C22H22ClN3O4/c1-30-19-8-7-15(23)10-18(19)26-12-14(9-20(26)27)22(29)25-17-4-2-3-16(11-17)24-21(28)13-5-6-13/h2-4,7-8,10-11,13-14H,5-6,9,12H2,1H3,(H,24,28)(H,25,29). The number of methoxy groups -OCH3 is 1. The fraction of sp³-hybridized carbons (Fsp3) is 0.318. The van der Waals surface area contributed by atoms with Gasteiger partial charge in [0.2, 0.25) is 17.7 Å². The first-order chi connectivity index (χ1) is 14.4. The van der Waals surface area contributed by atoms with Crippen LogP contribution in [-0.2, 0) is 14.4 Å². The minimum Gasteiger partial charge on any atom is -0.495 e. The highest BCUT2D eigenvalue weighted by atomic mass is 35.5. The van der Waals surface area contributed by atoms with Crippen molar-refractivity contribution in [3.05, 3.63) is 47.5 Å². The second-order valence-electron chi connectivity index (χ2n) is 7.56. The molecule has 1 saturated carbocycles. The van der Waals surface area contributed by atoms with E-state index in [2.05, 4.69) is 10.6 Å². The van der Waals surface area contributed by atoms with E-state index in [9.17, 15) is 14.4 Å². The van der Waals surface area contributed by atoms with Crippen LogP contribution in [0.15, 0.2) is 42.5 Å². The average molecular weight is 428 g/mol. The van der Waals surface area contributed by atoms with Crippen LogP contribution < -0.4 is 20.3 Å². The van der Waals surface area contributed by atoms with Crippen molar-refractivity contribution in [3.63, 3.8) is 0 Å². The first-order valence-electron chi connectivity index (χ1n) is 9.80. The van der Waals surface area contributed by atoms with E-state index in [1.165, 1.54) is 12.0 Å². The molecule has 0 spiro atoms. The van der Waals surface area contributed by atoms with Crippen molar-refractivity contribution in [1.82, 2.24) is 0 Å². The molecule has 1 atom stereocenters. The number of amides is 3. The number of benzene rings is 2. The second kappa shape index (κ2) is 8.36. The van der Waals surface area contributed by atoms with Crippen LogP contribution >= 0.6 is 11.6 Å². The Kier molecular flexibility index (Phi) is 5.63. The lowest BCUT2D eigenvalue weighted by atomic mass is 10.1. The van der Waals surface area contributed by atoms with Crippen LogP contribution in [0.5, 0.6) is 5.75 Å². The predicted molar refractivity (Wildman–Crippen MR) is 115 cm³/mol. The van der Waals surface area contributed by atoms with Gasteiger partial charge in [-0.1, -0.05) is 17.7 Å². The molecule has 156 valence electrons. The van der Waals surface area contributed by atoms with Crippen LogP contribution in [0, 0.1) is 11.8 Å². The zero-order chi connectivity index (χ0) is 21.3. The van der Waals surface area contributed by atoms with Crippen LogP contribution in [0.25, 0.3) is 0 Å². The molecule has 1 heterocycles. The van der Waals surface area contributed by atoms with E-state index in [1.807, 2.05) is 0 Å². The molecule has 2 aliphatic rings. The van der Waals surface area contributed by atoms with E-state index in [-0.39, 0.29) is 36.6 Å². The third-order valence-electron chi connectivity index (χ3n) is 5.27. The van der Waals surface area contributed by atoms with Gasteiger partial charge in [0, 0.05) is 35.3 Å². The number of ether oxygens (including phenoxy) is 1. The van der Waals surface area contributed by atoms with Gasteiger partial charge in [0.1, 0.15) is 5.75 Å². The van der Waals surface area contributed by atoms with Gasteiger partial charge < -0.3 is 20.3 Å². The number of nitrogens with one attached hydrogen (secondary N) is 2. The first kappa shape index (κ1) is 20.2. The number of halogens is 1. The number of carbonyl (C=O) groups excluding carboxylic acids is 3. The SMILES string of the molecule is COc1ccc(Cl)cc1N1CC(C(=O)Nc2cccc(NC(=O)C3CC3)c2)CC1=O. The minimum atomic E-state index is -0.508. The molecule has 7 nitrogen and oxygen atoms in total. The molecule has 2 aromatic rings. The lowest BCUT2D eigenvalue weighted by Crippen LogP contribution is -2.28. The Morgan fingerprint density at radius 2 is 1.70 bits per heavy atom. The fourth-order valence-electron chi connectivity index (χ4n) is 3.50. The molecule has 30 heavy (non-hydrogen) atoms. The zero-order valence-corrected chi connectivity index (χ0v) is 17.2. The van der Waals surface area contributed by atoms with Crippen molar-refractivity contribution in [2.75, 3.05) is 29.2 Å². The fourth-order valence-corrected chi connectivity index (χ4v) is 3.67. The summed E-state index contributed by atoms with van der Waals surface area (Å²) in [6.07, 6.45) is 1.94. The van der Waals surface area contributed by atoms with Gasteiger partial charge in [-0.25, -0.2) is 0 Å². The molecule has 1 saturated heterocycles. The number of anilines is 3. The summed E-state index contributed by atoms with van der Waals surface area (Å²) in [6.45, 7) is 0.236. The highest BCUT2D eigenvalue weighted by Crippen LogP contribution is 2.35. The smallest absolute Gasteiger partial charge is 0.229 e. The highest BCUT2D eigenvalue weighted by Gasteiger charge is 2.36. The summed E-state index contributed by atoms with van der Waals surface area (Å²) in [5.74, 6) is -0.300. The van der Waals surface area contributed by atoms with Crippen molar-refractivity contribution in [1.29, 1.82) is 0 Å². The van der Waals surface area contributed by atoms with E-state index < -0.39 is 5.92 Å². The van der Waals surface area contributed by atoms with E-state index in [4.69, 9.17) is 16.3 Å². The first-order valence-corrected chi connectivity index (χ1v) is 10.2. The number of rotatable bonds is 6. The van der Waals surface area contributed by atoms with Crippen LogP contribution in [0.1, 0.15) is 19.3 Å². The molecule has 0 aromatic heterocycles. The number of nitrogens with zero attached hydrogens (tertiary/aromatic N) is 1. The normalized spacial score (nSPS) is 18.3. The third kappa shape index (κ3) is 4.41. The Morgan fingerprint density at radius 1 is 1.03 bits per heavy atom. The van der Waals surface area contributed by atoms with Crippen molar-refractivity contribution in [2.45, 2.75) is 19.3 Å². The quantitative estimate of drug-likeness (QED) is 0.736. The van der Waals surface area contributed by atoms with Crippen LogP contribution in [-0.4, -0.2) is 31.4 Å². The highest BCUT2D eigenvalue weighted by molar-refractivity contribution is 6.31. The molecule has 8 heteroatoms. The van der Waals surface area contributed by atoms with Gasteiger partial charge in [-0.15, -0.1) is 0 Å². The Bertz CT molecular complexity index is 1010. The van der Waals surface area contributed by atoms with Crippen LogP contribution in [0.3, 0.4) is 0 Å². The Hall–Kier alpha value is -3.06. The predicted octanol–water partition coefficient (Wildman–Crippen LogP) is 3.69. The average Bonchev–Trinajstić information content (AvgIpc) is 3.50. The zero-order valence-electron chi connectivity index (χ0n) is 16.5. The van der Waals surface area contributed by atoms with Gasteiger partial charge in [-0.05, 0) is 49.2 Å². The molecule has 3 amide bonds. The van der Waals surface area contributed by atoms with Gasteiger partial charge >= 0.3 is 0 Å². The maximum absolute atomic E-state index is 12.8. The number of hydrogen-bond donors (Lipinski definition) is 2. The molecule has 1 aliphatic heterocycles. The molecule has 0 bridgehead atoms. The summed E-state index contributed by atoms with van der Waals surface area (Å²) >= 11 is 6.08. The van der Waals surface area contributed by atoms with E-state index in [1.54, 1.807) is 42.5 Å². The molecule has 2 fully saturated rings. The van der Waals surface area contributed by atoms with E-state index in [0.717, 1.165) is 12.8 Å². The molecule has 2 N–H and O–H groups in total. The maximum atomic E-state index is 12.8. The van der Waals surface area contributed by atoms with Gasteiger partial charge in [0.05, 0.1) is 18.7 Å².